The number of rotatable bonds is 6. The van der Waals surface area contributed by atoms with Crippen LogP contribution >= 0.6 is 0 Å². The second-order valence-corrected chi connectivity index (χ2v) is 5.23. The molecule has 123 valence electrons. The van der Waals surface area contributed by atoms with Crippen molar-refractivity contribution in [2.24, 2.45) is 0 Å². The Balaban J connectivity index is 2.17. The number of anilines is 3. The van der Waals surface area contributed by atoms with Gasteiger partial charge in [0.2, 0.25) is 5.91 Å². The molecule has 1 amide bonds. The van der Waals surface area contributed by atoms with Gasteiger partial charge in [-0.2, -0.15) is 5.26 Å². The molecule has 7 heteroatoms. The summed E-state index contributed by atoms with van der Waals surface area (Å²) in [5.74, 6) is 0.488. The Bertz CT molecular complexity index is 761. The summed E-state index contributed by atoms with van der Waals surface area (Å²) in [7, 11) is 1.57. The highest BCUT2D eigenvalue weighted by Crippen LogP contribution is 2.22. The molecule has 0 aliphatic rings. The zero-order valence-electron chi connectivity index (χ0n) is 13.8. The van der Waals surface area contributed by atoms with Crippen molar-refractivity contribution in [2.45, 2.75) is 13.8 Å². The van der Waals surface area contributed by atoms with E-state index in [0.29, 0.717) is 23.7 Å². The van der Waals surface area contributed by atoms with E-state index in [1.807, 2.05) is 26.0 Å². The number of aryl methyl sites for hydroxylation is 2. The number of carbonyl (C=O) groups excluding carboxylic acids is 1. The highest BCUT2D eigenvalue weighted by molar-refractivity contribution is 5.85. The lowest BCUT2D eigenvalue weighted by Gasteiger charge is -2.11. The van der Waals surface area contributed by atoms with Crippen LogP contribution in [0.15, 0.2) is 24.4 Å². The van der Waals surface area contributed by atoms with Crippen LogP contribution in [0.2, 0.25) is 0 Å². The summed E-state index contributed by atoms with van der Waals surface area (Å²) in [5, 5.41) is 17.9. The first-order valence-electron chi connectivity index (χ1n) is 7.43. The number of amides is 1. The second-order valence-electron chi connectivity index (χ2n) is 5.23. The minimum atomic E-state index is -0.165. The third-order valence-corrected chi connectivity index (χ3v) is 3.19. The van der Waals surface area contributed by atoms with Gasteiger partial charge in [-0.25, -0.2) is 9.97 Å². The molecule has 0 saturated carbocycles. The topological polar surface area (TPSA) is 103 Å². The lowest BCUT2D eigenvalue weighted by molar-refractivity contribution is -0.117. The molecule has 2 aromatic rings. The Hall–Kier alpha value is -3.14. The molecule has 0 bridgehead atoms. The molecule has 0 aliphatic heterocycles. The molecule has 2 heterocycles. The lowest BCUT2D eigenvalue weighted by atomic mass is 10.2. The molecule has 1 radical (unpaired) electrons. The molecule has 2 aromatic heterocycles. The Morgan fingerprint density at radius 1 is 1.33 bits per heavy atom. The largest absolute Gasteiger partial charge is 0.383 e. The summed E-state index contributed by atoms with van der Waals surface area (Å²) < 4.78 is 0. The Labute approximate surface area is 141 Å². The molecule has 0 atom stereocenters. The van der Waals surface area contributed by atoms with E-state index in [0.717, 1.165) is 11.3 Å². The normalized spacial score (nSPS) is 9.92. The third-order valence-electron chi connectivity index (χ3n) is 3.19. The van der Waals surface area contributed by atoms with Gasteiger partial charge < -0.3 is 16.0 Å². The quantitative estimate of drug-likeness (QED) is 0.752. The second kappa shape index (κ2) is 7.92. The van der Waals surface area contributed by atoms with Gasteiger partial charge in [-0.15, -0.1) is 0 Å². The molecular formula is C17H19N6O. The van der Waals surface area contributed by atoms with E-state index >= 15 is 0 Å². The van der Waals surface area contributed by atoms with Crippen LogP contribution < -0.4 is 16.0 Å². The maximum Gasteiger partial charge on any atom is 0.225 e. The first-order chi connectivity index (χ1) is 11.5. The minimum Gasteiger partial charge on any atom is -0.383 e. The zero-order valence-corrected chi connectivity index (χ0v) is 13.8. The van der Waals surface area contributed by atoms with Crippen molar-refractivity contribution in [2.75, 3.05) is 24.2 Å². The number of nitrogens with one attached hydrogen (secondary N) is 3. The van der Waals surface area contributed by atoms with Crippen LogP contribution in [0.25, 0.3) is 0 Å². The Kier molecular flexibility index (Phi) is 5.68. The van der Waals surface area contributed by atoms with Crippen LogP contribution in [-0.2, 0) is 4.79 Å². The van der Waals surface area contributed by atoms with Crippen molar-refractivity contribution >= 4 is 23.1 Å². The number of nitrogens with zero attached hydrogens (tertiary/aromatic N) is 3. The van der Waals surface area contributed by atoms with Crippen LogP contribution in [0.5, 0.6) is 0 Å². The van der Waals surface area contributed by atoms with Crippen molar-refractivity contribution in [3.8, 4) is 6.07 Å². The number of pyridine rings is 2. The van der Waals surface area contributed by atoms with Crippen molar-refractivity contribution in [3.05, 3.63) is 47.8 Å². The molecule has 7 nitrogen and oxygen atoms in total. The van der Waals surface area contributed by atoms with E-state index in [-0.39, 0.29) is 11.6 Å². The Morgan fingerprint density at radius 2 is 2.12 bits per heavy atom. The zero-order chi connectivity index (χ0) is 17.5. The van der Waals surface area contributed by atoms with Gasteiger partial charge in [0.15, 0.2) is 5.69 Å². The SMILES string of the molecule is CNC(=O)[CH]CNc1cnc(C#N)c(Nc2cc(C)cc(C)n2)c1. The monoisotopic (exact) mass is 323 g/mol. The fourth-order valence-electron chi connectivity index (χ4n) is 2.15. The minimum absolute atomic E-state index is 0.165. The number of hydrogen-bond acceptors (Lipinski definition) is 6. The average Bonchev–Trinajstić information content (AvgIpc) is 2.54. The Morgan fingerprint density at radius 3 is 2.79 bits per heavy atom. The number of hydrogen-bond donors (Lipinski definition) is 3. The van der Waals surface area contributed by atoms with Gasteiger partial charge in [0, 0.05) is 19.3 Å². The van der Waals surface area contributed by atoms with Crippen molar-refractivity contribution < 1.29 is 4.79 Å². The third kappa shape index (κ3) is 4.68. The standard InChI is InChI=1S/C17H19N6O/c1-11-6-12(2)22-16(7-11)23-14-8-13(10-21-15(14)9-18)20-5-4-17(24)19-3/h4,6-8,10,20H,5H2,1-3H3,(H,19,24)(H,22,23). The fraction of sp³-hybridized carbons (Fsp3) is 0.235. The molecule has 0 unspecified atom stereocenters. The van der Waals surface area contributed by atoms with Crippen LogP contribution in [0.4, 0.5) is 17.2 Å². The molecule has 0 aliphatic carbocycles. The first kappa shape index (κ1) is 17.2. The molecule has 0 saturated heterocycles. The van der Waals surface area contributed by atoms with E-state index < -0.39 is 0 Å². The van der Waals surface area contributed by atoms with Crippen molar-refractivity contribution in [3.63, 3.8) is 0 Å². The van der Waals surface area contributed by atoms with E-state index in [2.05, 4.69) is 32.0 Å². The predicted molar refractivity (Wildman–Crippen MR) is 92.8 cm³/mol. The van der Waals surface area contributed by atoms with Crippen LogP contribution in [0.1, 0.15) is 17.0 Å². The number of carbonyl (C=O) groups is 1. The van der Waals surface area contributed by atoms with Crippen LogP contribution in [-0.4, -0.2) is 29.5 Å². The molecular weight excluding hydrogens is 304 g/mol. The van der Waals surface area contributed by atoms with Crippen LogP contribution in [0, 0.1) is 31.6 Å². The summed E-state index contributed by atoms with van der Waals surface area (Å²) in [6.07, 6.45) is 3.03. The molecule has 24 heavy (non-hydrogen) atoms. The highest BCUT2D eigenvalue weighted by Gasteiger charge is 2.08. The maximum absolute atomic E-state index is 11.2. The van der Waals surface area contributed by atoms with Gasteiger partial charge in [0.05, 0.1) is 24.0 Å². The van der Waals surface area contributed by atoms with Gasteiger partial charge in [0.25, 0.3) is 0 Å². The van der Waals surface area contributed by atoms with Crippen molar-refractivity contribution in [1.82, 2.24) is 15.3 Å². The van der Waals surface area contributed by atoms with E-state index in [1.165, 1.54) is 6.42 Å². The average molecular weight is 323 g/mol. The van der Waals surface area contributed by atoms with Gasteiger partial charge in [-0.3, -0.25) is 4.79 Å². The van der Waals surface area contributed by atoms with E-state index in [9.17, 15) is 10.1 Å². The smallest absolute Gasteiger partial charge is 0.225 e. The van der Waals surface area contributed by atoms with E-state index in [1.54, 1.807) is 19.3 Å². The summed E-state index contributed by atoms with van der Waals surface area (Å²) in [5.41, 5.74) is 3.49. The van der Waals surface area contributed by atoms with Crippen molar-refractivity contribution in [1.29, 1.82) is 5.26 Å². The molecule has 0 spiro atoms. The highest BCUT2D eigenvalue weighted by atomic mass is 16.1. The van der Waals surface area contributed by atoms with Gasteiger partial charge in [0.1, 0.15) is 11.9 Å². The van der Waals surface area contributed by atoms with Gasteiger partial charge >= 0.3 is 0 Å². The molecule has 2 rings (SSSR count). The fourth-order valence-corrected chi connectivity index (χ4v) is 2.15. The molecule has 0 fully saturated rings. The summed E-state index contributed by atoms with van der Waals surface area (Å²) >= 11 is 0. The number of nitriles is 1. The molecule has 0 aromatic carbocycles. The summed E-state index contributed by atoms with van der Waals surface area (Å²) in [6.45, 7) is 4.25. The van der Waals surface area contributed by atoms with Gasteiger partial charge in [-0.05, 0) is 37.6 Å². The van der Waals surface area contributed by atoms with E-state index in [4.69, 9.17) is 0 Å². The summed E-state index contributed by atoms with van der Waals surface area (Å²) in [4.78, 5) is 19.7. The first-order valence-corrected chi connectivity index (χ1v) is 7.43. The molecule has 3 N–H and O–H groups in total. The number of aromatic nitrogens is 2. The lowest BCUT2D eigenvalue weighted by Crippen LogP contribution is -2.21. The van der Waals surface area contributed by atoms with Crippen LogP contribution in [0.3, 0.4) is 0 Å². The predicted octanol–water partition coefficient (Wildman–Crippen LogP) is 2.07. The van der Waals surface area contributed by atoms with Gasteiger partial charge in [-0.1, -0.05) is 0 Å². The maximum atomic E-state index is 11.2. The summed E-state index contributed by atoms with van der Waals surface area (Å²) in [6, 6.07) is 7.69.